The molecular formula is C24H29N5O2. The summed E-state index contributed by atoms with van der Waals surface area (Å²) >= 11 is 0. The number of amides is 1. The molecule has 2 aliphatic rings. The zero-order chi connectivity index (χ0) is 21.5. The Hall–Kier alpha value is -2.96. The fourth-order valence-corrected chi connectivity index (χ4v) is 4.46. The SMILES string of the molecule is Cc1ccc(-n2ncc3c(C4CC4)nn(CC(=O)N4CCCCCC4)c(=O)c32)cc1C. The maximum absolute atomic E-state index is 13.5. The van der Waals surface area contributed by atoms with Gasteiger partial charge in [-0.2, -0.15) is 10.2 Å². The van der Waals surface area contributed by atoms with Crippen molar-refractivity contribution in [2.75, 3.05) is 13.1 Å². The van der Waals surface area contributed by atoms with Crippen LogP contribution < -0.4 is 5.56 Å². The molecule has 3 aromatic rings. The Labute approximate surface area is 181 Å². The van der Waals surface area contributed by atoms with E-state index in [-0.39, 0.29) is 18.0 Å². The highest BCUT2D eigenvalue weighted by molar-refractivity contribution is 5.83. The largest absolute Gasteiger partial charge is 0.341 e. The number of aryl methyl sites for hydroxylation is 2. The van der Waals surface area contributed by atoms with E-state index in [4.69, 9.17) is 0 Å². The maximum Gasteiger partial charge on any atom is 0.293 e. The van der Waals surface area contributed by atoms with Crippen LogP contribution in [-0.4, -0.2) is 43.5 Å². The topological polar surface area (TPSA) is 73.0 Å². The summed E-state index contributed by atoms with van der Waals surface area (Å²) in [5.41, 5.74) is 4.36. The first-order valence-corrected chi connectivity index (χ1v) is 11.4. The second-order valence-corrected chi connectivity index (χ2v) is 9.00. The van der Waals surface area contributed by atoms with Gasteiger partial charge in [0.25, 0.3) is 5.56 Å². The normalized spacial score (nSPS) is 17.2. The van der Waals surface area contributed by atoms with Crippen molar-refractivity contribution in [3.63, 3.8) is 0 Å². The molecular weight excluding hydrogens is 390 g/mol. The molecule has 1 saturated carbocycles. The van der Waals surface area contributed by atoms with Gasteiger partial charge in [-0.25, -0.2) is 9.36 Å². The lowest BCUT2D eigenvalue weighted by molar-refractivity contribution is -0.132. The Morgan fingerprint density at radius 1 is 1.06 bits per heavy atom. The number of likely N-dealkylation sites (tertiary alicyclic amines) is 1. The number of benzene rings is 1. The van der Waals surface area contributed by atoms with Crippen molar-refractivity contribution >= 4 is 16.8 Å². The van der Waals surface area contributed by atoms with Crippen LogP contribution in [0.5, 0.6) is 0 Å². The van der Waals surface area contributed by atoms with Gasteiger partial charge in [0.05, 0.1) is 17.6 Å². The van der Waals surface area contributed by atoms with Crippen LogP contribution in [0.15, 0.2) is 29.2 Å². The van der Waals surface area contributed by atoms with Crippen LogP contribution >= 0.6 is 0 Å². The fourth-order valence-electron chi connectivity index (χ4n) is 4.46. The number of nitrogens with zero attached hydrogens (tertiary/aromatic N) is 5. The smallest absolute Gasteiger partial charge is 0.293 e. The molecule has 2 aromatic heterocycles. The van der Waals surface area contributed by atoms with Crippen molar-refractivity contribution in [3.05, 3.63) is 51.6 Å². The van der Waals surface area contributed by atoms with Gasteiger partial charge in [-0.15, -0.1) is 0 Å². The van der Waals surface area contributed by atoms with Crippen LogP contribution in [0.4, 0.5) is 0 Å². The van der Waals surface area contributed by atoms with Crippen molar-refractivity contribution in [2.24, 2.45) is 0 Å². The number of fused-ring (bicyclic) bond motifs is 1. The van der Waals surface area contributed by atoms with Crippen molar-refractivity contribution in [1.29, 1.82) is 0 Å². The Morgan fingerprint density at radius 3 is 2.48 bits per heavy atom. The Kier molecular flexibility index (Phi) is 5.12. The van der Waals surface area contributed by atoms with E-state index < -0.39 is 0 Å². The van der Waals surface area contributed by atoms with Crippen molar-refractivity contribution < 1.29 is 4.79 Å². The molecule has 1 aliphatic heterocycles. The highest BCUT2D eigenvalue weighted by atomic mass is 16.2. The maximum atomic E-state index is 13.5. The molecule has 3 heterocycles. The molecule has 7 heteroatoms. The molecule has 0 bridgehead atoms. The number of rotatable bonds is 4. The fraction of sp³-hybridized carbons (Fsp3) is 0.500. The predicted octanol–water partition coefficient (Wildman–Crippen LogP) is 3.48. The van der Waals surface area contributed by atoms with Gasteiger partial charge < -0.3 is 4.90 Å². The molecule has 0 N–H and O–H groups in total. The quantitative estimate of drug-likeness (QED) is 0.649. The Bertz CT molecular complexity index is 1200. The highest BCUT2D eigenvalue weighted by Gasteiger charge is 2.31. The van der Waals surface area contributed by atoms with Crippen molar-refractivity contribution in [1.82, 2.24) is 24.5 Å². The summed E-state index contributed by atoms with van der Waals surface area (Å²) in [5, 5.41) is 10.0. The number of hydrogen-bond acceptors (Lipinski definition) is 4. The second-order valence-electron chi connectivity index (χ2n) is 9.00. The Morgan fingerprint density at radius 2 is 1.81 bits per heavy atom. The van der Waals surface area contributed by atoms with Crippen LogP contribution in [0.25, 0.3) is 16.6 Å². The standard InChI is InChI=1S/C24H29N5O2/c1-16-7-10-19(13-17(16)2)29-23-20(14-25-29)22(18-8-9-18)26-28(24(23)31)15-21(30)27-11-5-3-4-6-12-27/h7,10,13-14,18H,3-6,8-9,11-12,15H2,1-2H3. The molecule has 0 spiro atoms. The van der Waals surface area contributed by atoms with Gasteiger partial charge in [-0.3, -0.25) is 9.59 Å². The Balaban J connectivity index is 1.59. The van der Waals surface area contributed by atoms with Crippen LogP contribution in [0.1, 0.15) is 61.3 Å². The van der Waals surface area contributed by atoms with Gasteiger partial charge in [0.1, 0.15) is 12.1 Å². The van der Waals surface area contributed by atoms with Gasteiger partial charge in [0.15, 0.2) is 0 Å². The van der Waals surface area contributed by atoms with E-state index in [2.05, 4.69) is 24.0 Å². The summed E-state index contributed by atoms with van der Waals surface area (Å²) < 4.78 is 3.09. The van der Waals surface area contributed by atoms with Gasteiger partial charge >= 0.3 is 0 Å². The minimum absolute atomic E-state index is 0.00734. The van der Waals surface area contributed by atoms with Crippen molar-refractivity contribution in [3.8, 4) is 5.69 Å². The second kappa shape index (κ2) is 7.94. The highest BCUT2D eigenvalue weighted by Crippen LogP contribution is 2.41. The van der Waals surface area contributed by atoms with Gasteiger partial charge in [0.2, 0.25) is 5.91 Å². The molecule has 1 amide bonds. The molecule has 1 aromatic carbocycles. The lowest BCUT2D eigenvalue weighted by atomic mass is 10.1. The third kappa shape index (κ3) is 3.77. The summed E-state index contributed by atoms with van der Waals surface area (Å²) in [6, 6.07) is 6.08. The molecule has 31 heavy (non-hydrogen) atoms. The summed E-state index contributed by atoms with van der Waals surface area (Å²) in [7, 11) is 0. The molecule has 0 atom stereocenters. The average Bonchev–Trinajstić information content (AvgIpc) is 3.55. The average molecular weight is 420 g/mol. The molecule has 1 aliphatic carbocycles. The van der Waals surface area contributed by atoms with E-state index in [0.717, 1.165) is 73.9 Å². The molecule has 0 unspecified atom stereocenters. The van der Waals surface area contributed by atoms with Gasteiger partial charge in [-0.1, -0.05) is 18.9 Å². The first-order chi connectivity index (χ1) is 15.0. The first kappa shape index (κ1) is 20.0. The monoisotopic (exact) mass is 419 g/mol. The van der Waals surface area contributed by atoms with Crippen LogP contribution in [0.3, 0.4) is 0 Å². The molecule has 5 rings (SSSR count). The lowest BCUT2D eigenvalue weighted by Gasteiger charge is -2.20. The number of carbonyl (C=O) groups is 1. The minimum Gasteiger partial charge on any atom is -0.341 e. The molecule has 0 radical (unpaired) electrons. The molecule has 7 nitrogen and oxygen atoms in total. The third-order valence-electron chi connectivity index (χ3n) is 6.65. The van der Waals surface area contributed by atoms with Gasteiger partial charge in [-0.05, 0) is 62.8 Å². The van der Waals surface area contributed by atoms with Crippen molar-refractivity contribution in [2.45, 2.75) is 64.8 Å². The van der Waals surface area contributed by atoms with Crippen LogP contribution in [-0.2, 0) is 11.3 Å². The van der Waals surface area contributed by atoms with E-state index in [1.165, 1.54) is 10.2 Å². The lowest BCUT2D eigenvalue weighted by Crippen LogP contribution is -2.38. The third-order valence-corrected chi connectivity index (χ3v) is 6.65. The summed E-state index contributed by atoms with van der Waals surface area (Å²) in [6.07, 6.45) is 8.27. The molecule has 2 fully saturated rings. The number of aromatic nitrogens is 4. The molecule has 1 saturated heterocycles. The van der Waals surface area contributed by atoms with E-state index >= 15 is 0 Å². The number of hydrogen-bond donors (Lipinski definition) is 0. The van der Waals surface area contributed by atoms with Crippen LogP contribution in [0, 0.1) is 13.8 Å². The summed E-state index contributed by atoms with van der Waals surface area (Å²) in [5.74, 6) is 0.329. The molecule has 162 valence electrons. The van der Waals surface area contributed by atoms with Gasteiger partial charge in [0, 0.05) is 24.4 Å². The first-order valence-electron chi connectivity index (χ1n) is 11.4. The summed E-state index contributed by atoms with van der Waals surface area (Å²) in [6.45, 7) is 5.65. The summed E-state index contributed by atoms with van der Waals surface area (Å²) in [4.78, 5) is 28.4. The van der Waals surface area contributed by atoms with Crippen LogP contribution in [0.2, 0.25) is 0 Å². The zero-order valence-corrected chi connectivity index (χ0v) is 18.3. The number of carbonyl (C=O) groups excluding carboxylic acids is 1. The minimum atomic E-state index is -0.252. The predicted molar refractivity (Wildman–Crippen MR) is 120 cm³/mol. The zero-order valence-electron chi connectivity index (χ0n) is 18.3. The van der Waals surface area contributed by atoms with E-state index in [0.29, 0.717) is 11.4 Å². The van der Waals surface area contributed by atoms with E-state index in [1.54, 1.807) is 10.9 Å². The van der Waals surface area contributed by atoms with E-state index in [1.807, 2.05) is 23.1 Å². The van der Waals surface area contributed by atoms with E-state index in [9.17, 15) is 9.59 Å².